The van der Waals surface area contributed by atoms with Gasteiger partial charge in [-0.25, -0.2) is 17.2 Å². The average Bonchev–Trinajstić information content (AvgIpc) is 2.43. The Kier molecular flexibility index (Phi) is 4.43. The van der Waals surface area contributed by atoms with Gasteiger partial charge in [0.15, 0.2) is 11.6 Å². The van der Waals surface area contributed by atoms with Crippen molar-refractivity contribution >= 4 is 15.8 Å². The second-order valence-electron chi connectivity index (χ2n) is 4.08. The number of rotatable bonds is 5. The molecule has 0 aliphatic rings. The van der Waals surface area contributed by atoms with Crippen molar-refractivity contribution in [3.63, 3.8) is 0 Å². The van der Waals surface area contributed by atoms with Crippen LogP contribution < -0.4 is 10.0 Å². The summed E-state index contributed by atoms with van der Waals surface area (Å²) in [6, 6.07) is 4.60. The lowest BCUT2D eigenvalue weighted by Crippen LogP contribution is -2.18. The summed E-state index contributed by atoms with van der Waals surface area (Å²) < 4.78 is 54.0. The Balaban J connectivity index is 2.43. The molecule has 0 aliphatic heterocycles. The lowest BCUT2D eigenvalue weighted by molar-refractivity contribution is 0.521. The molecule has 112 valence electrons. The largest absolute Gasteiger partial charge is 0.315 e. The quantitative estimate of drug-likeness (QED) is 0.868. The van der Waals surface area contributed by atoms with Crippen LogP contribution in [-0.4, -0.2) is 25.7 Å². The van der Waals surface area contributed by atoms with Gasteiger partial charge in [-0.3, -0.25) is 4.72 Å². The number of sulfonamides is 1. The van der Waals surface area contributed by atoms with Crippen molar-refractivity contribution in [1.29, 1.82) is 0 Å². The van der Waals surface area contributed by atoms with Gasteiger partial charge in [0.05, 0.1) is 0 Å². The summed E-state index contributed by atoms with van der Waals surface area (Å²) in [6.45, 7) is -0.133. The van der Waals surface area contributed by atoms with Crippen LogP contribution in [-0.2, 0) is 16.6 Å². The SMILES string of the molecule is CNCc1c(F)ccc(S(=O)(=O)Nc2cccnn2)c1F. The van der Waals surface area contributed by atoms with E-state index in [2.05, 4.69) is 20.2 Å². The maximum atomic E-state index is 14.2. The monoisotopic (exact) mass is 314 g/mol. The van der Waals surface area contributed by atoms with Crippen LogP contribution in [0.2, 0.25) is 0 Å². The van der Waals surface area contributed by atoms with Gasteiger partial charge in [-0.15, -0.1) is 5.10 Å². The molecule has 0 spiro atoms. The Labute approximate surface area is 120 Å². The zero-order valence-electron chi connectivity index (χ0n) is 11.0. The lowest BCUT2D eigenvalue weighted by Gasteiger charge is -2.11. The van der Waals surface area contributed by atoms with Gasteiger partial charge in [0.25, 0.3) is 10.0 Å². The van der Waals surface area contributed by atoms with Crippen molar-refractivity contribution in [3.8, 4) is 0 Å². The molecule has 0 bridgehead atoms. The van der Waals surface area contributed by atoms with Crippen molar-refractivity contribution in [2.45, 2.75) is 11.4 Å². The van der Waals surface area contributed by atoms with Crippen molar-refractivity contribution in [2.75, 3.05) is 11.8 Å². The van der Waals surface area contributed by atoms with Crippen molar-refractivity contribution in [2.24, 2.45) is 0 Å². The third-order valence-electron chi connectivity index (χ3n) is 2.60. The fourth-order valence-corrected chi connectivity index (χ4v) is 2.77. The van der Waals surface area contributed by atoms with Crippen LogP contribution in [0.3, 0.4) is 0 Å². The number of halogens is 2. The van der Waals surface area contributed by atoms with E-state index >= 15 is 0 Å². The topological polar surface area (TPSA) is 84.0 Å². The van der Waals surface area contributed by atoms with E-state index in [9.17, 15) is 17.2 Å². The summed E-state index contributed by atoms with van der Waals surface area (Å²) >= 11 is 0. The molecular formula is C12H12F2N4O2S. The molecular weight excluding hydrogens is 302 g/mol. The van der Waals surface area contributed by atoms with Crippen LogP contribution >= 0.6 is 0 Å². The standard InChI is InChI=1S/C12H12F2N4O2S/c1-15-7-8-9(13)4-5-10(12(8)14)21(19,20)18-11-3-2-6-16-17-11/h2-6,15H,7H2,1H3,(H,17,18). The minimum Gasteiger partial charge on any atom is -0.315 e. The number of nitrogens with one attached hydrogen (secondary N) is 2. The molecule has 0 saturated heterocycles. The minimum absolute atomic E-state index is 0.0589. The normalized spacial score (nSPS) is 11.4. The first kappa shape index (κ1) is 15.3. The van der Waals surface area contributed by atoms with E-state index < -0.39 is 26.6 Å². The molecule has 0 radical (unpaired) electrons. The van der Waals surface area contributed by atoms with E-state index in [-0.39, 0.29) is 17.9 Å². The zero-order valence-corrected chi connectivity index (χ0v) is 11.8. The Morgan fingerprint density at radius 1 is 1.24 bits per heavy atom. The van der Waals surface area contributed by atoms with E-state index in [4.69, 9.17) is 0 Å². The Hall–Kier alpha value is -2.13. The Bertz CT molecular complexity index is 738. The van der Waals surface area contributed by atoms with Crippen LogP contribution in [0.15, 0.2) is 35.4 Å². The van der Waals surface area contributed by atoms with Crippen LogP contribution in [0.4, 0.5) is 14.6 Å². The van der Waals surface area contributed by atoms with E-state index in [0.29, 0.717) is 0 Å². The van der Waals surface area contributed by atoms with Gasteiger partial charge in [-0.2, -0.15) is 5.10 Å². The van der Waals surface area contributed by atoms with Crippen LogP contribution in [0.25, 0.3) is 0 Å². The lowest BCUT2D eigenvalue weighted by atomic mass is 10.2. The summed E-state index contributed by atoms with van der Waals surface area (Å²) in [6.07, 6.45) is 1.36. The van der Waals surface area contributed by atoms with Gasteiger partial charge >= 0.3 is 0 Å². The van der Waals surface area contributed by atoms with Crippen molar-refractivity contribution in [1.82, 2.24) is 15.5 Å². The summed E-state index contributed by atoms with van der Waals surface area (Å²) in [5, 5.41) is 9.63. The molecule has 21 heavy (non-hydrogen) atoms. The van der Waals surface area contributed by atoms with E-state index in [0.717, 1.165) is 12.1 Å². The van der Waals surface area contributed by atoms with Crippen LogP contribution in [0.1, 0.15) is 5.56 Å². The molecule has 0 amide bonds. The number of hydrogen-bond donors (Lipinski definition) is 2. The smallest absolute Gasteiger partial charge is 0.266 e. The predicted octanol–water partition coefficient (Wildman–Crippen LogP) is 1.27. The summed E-state index contributed by atoms with van der Waals surface area (Å²) in [5.41, 5.74) is -0.348. The fraction of sp³-hybridized carbons (Fsp3) is 0.167. The van der Waals surface area contributed by atoms with Crippen molar-refractivity contribution < 1.29 is 17.2 Å². The number of benzene rings is 1. The first-order valence-corrected chi connectivity index (χ1v) is 7.36. The molecule has 0 fully saturated rings. The van der Waals surface area contributed by atoms with Crippen molar-refractivity contribution in [3.05, 3.63) is 47.7 Å². The maximum absolute atomic E-state index is 14.2. The zero-order chi connectivity index (χ0) is 15.5. The summed E-state index contributed by atoms with van der Waals surface area (Å²) in [4.78, 5) is -0.653. The second kappa shape index (κ2) is 6.10. The van der Waals surface area contributed by atoms with Gasteiger partial charge in [0, 0.05) is 18.3 Å². The second-order valence-corrected chi connectivity index (χ2v) is 5.73. The molecule has 0 saturated carbocycles. The molecule has 2 aromatic rings. The van der Waals surface area contributed by atoms with Gasteiger partial charge in [0.1, 0.15) is 10.7 Å². The van der Waals surface area contributed by atoms with E-state index in [1.807, 2.05) is 0 Å². The number of nitrogens with zero attached hydrogens (tertiary/aromatic N) is 2. The maximum Gasteiger partial charge on any atom is 0.266 e. The van der Waals surface area contributed by atoms with Gasteiger partial charge in [-0.1, -0.05) is 0 Å². The highest BCUT2D eigenvalue weighted by Gasteiger charge is 2.23. The van der Waals surface area contributed by atoms with Gasteiger partial charge in [-0.05, 0) is 31.3 Å². The molecule has 2 N–H and O–H groups in total. The van der Waals surface area contributed by atoms with Gasteiger partial charge < -0.3 is 5.32 Å². The first-order chi connectivity index (χ1) is 9.95. The molecule has 0 unspecified atom stereocenters. The predicted molar refractivity (Wildman–Crippen MR) is 72.0 cm³/mol. The highest BCUT2D eigenvalue weighted by molar-refractivity contribution is 7.92. The molecule has 1 aromatic heterocycles. The third kappa shape index (κ3) is 3.31. The molecule has 0 aliphatic carbocycles. The van der Waals surface area contributed by atoms with Gasteiger partial charge in [0.2, 0.25) is 0 Å². The molecule has 2 rings (SSSR count). The average molecular weight is 314 g/mol. The van der Waals surface area contributed by atoms with Crippen LogP contribution in [0, 0.1) is 11.6 Å². The fourth-order valence-electron chi connectivity index (χ4n) is 1.67. The third-order valence-corrected chi connectivity index (χ3v) is 3.98. The van der Waals surface area contributed by atoms with Crippen LogP contribution in [0.5, 0.6) is 0 Å². The number of aromatic nitrogens is 2. The van der Waals surface area contributed by atoms with E-state index in [1.54, 1.807) is 0 Å². The summed E-state index contributed by atoms with van der Waals surface area (Å²) in [5.74, 6) is -2.02. The van der Waals surface area contributed by atoms with E-state index in [1.165, 1.54) is 25.4 Å². The number of anilines is 1. The molecule has 9 heteroatoms. The first-order valence-electron chi connectivity index (χ1n) is 5.87. The minimum atomic E-state index is -4.22. The molecule has 1 heterocycles. The Morgan fingerprint density at radius 2 is 2.00 bits per heavy atom. The highest BCUT2D eigenvalue weighted by Crippen LogP contribution is 2.22. The Morgan fingerprint density at radius 3 is 2.62 bits per heavy atom. The molecule has 0 atom stereocenters. The summed E-state index contributed by atoms with van der Waals surface area (Å²) in [7, 11) is -2.73. The molecule has 1 aromatic carbocycles. The highest BCUT2D eigenvalue weighted by atomic mass is 32.2. The number of hydrogen-bond acceptors (Lipinski definition) is 5. The molecule has 6 nitrogen and oxygen atoms in total.